The van der Waals surface area contributed by atoms with E-state index in [4.69, 9.17) is 0 Å². The number of anilines is 3. The molecule has 0 unspecified atom stereocenters. The fraction of sp³-hybridized carbons (Fsp3) is 0.190. The van der Waals surface area contributed by atoms with Crippen molar-refractivity contribution in [3.05, 3.63) is 77.6 Å². The summed E-state index contributed by atoms with van der Waals surface area (Å²) >= 11 is 0. The van der Waals surface area contributed by atoms with E-state index in [0.717, 1.165) is 22.5 Å². The number of hydrogen-bond acceptors (Lipinski definition) is 4. The molecular weight excluding hydrogens is 324 g/mol. The predicted octanol–water partition coefficient (Wildman–Crippen LogP) is 4.50. The number of carbonyl (C=O) groups is 1. The standard InChI is InChI=1S/C21H22N4O/c1-4-25(17-11-6-5-7-12-17)21-22-14-13-18(23-21)20(26)24-19-15(2)9-8-10-16(19)3/h5-14H,4H2,1-3H3,(H,24,26). The number of nitrogens with zero attached hydrogens (tertiary/aromatic N) is 3. The van der Waals surface area contributed by atoms with E-state index < -0.39 is 0 Å². The fourth-order valence-corrected chi connectivity index (χ4v) is 2.84. The summed E-state index contributed by atoms with van der Waals surface area (Å²) in [6.45, 7) is 6.68. The lowest BCUT2D eigenvalue weighted by Gasteiger charge is -2.21. The van der Waals surface area contributed by atoms with Crippen molar-refractivity contribution in [1.82, 2.24) is 9.97 Å². The van der Waals surface area contributed by atoms with Gasteiger partial charge in [-0.15, -0.1) is 0 Å². The summed E-state index contributed by atoms with van der Waals surface area (Å²) in [6.07, 6.45) is 1.62. The van der Waals surface area contributed by atoms with Gasteiger partial charge in [0.15, 0.2) is 0 Å². The summed E-state index contributed by atoms with van der Waals surface area (Å²) in [5.41, 5.74) is 4.20. The third-order valence-corrected chi connectivity index (χ3v) is 4.22. The number of aryl methyl sites for hydroxylation is 2. The lowest BCUT2D eigenvalue weighted by atomic mass is 10.1. The number of benzene rings is 2. The Labute approximate surface area is 153 Å². The molecular formula is C21H22N4O. The van der Waals surface area contributed by atoms with Gasteiger partial charge in [0.1, 0.15) is 5.69 Å². The minimum atomic E-state index is -0.241. The normalized spacial score (nSPS) is 10.4. The highest BCUT2D eigenvalue weighted by Gasteiger charge is 2.15. The largest absolute Gasteiger partial charge is 0.320 e. The Morgan fingerprint density at radius 2 is 1.69 bits per heavy atom. The molecule has 2 aromatic carbocycles. The van der Waals surface area contributed by atoms with Gasteiger partial charge in [-0.05, 0) is 50.1 Å². The van der Waals surface area contributed by atoms with Crippen molar-refractivity contribution in [3.63, 3.8) is 0 Å². The summed E-state index contributed by atoms with van der Waals surface area (Å²) in [7, 11) is 0. The molecule has 3 rings (SSSR count). The molecule has 0 saturated heterocycles. The second kappa shape index (κ2) is 7.78. The zero-order valence-electron chi connectivity index (χ0n) is 15.2. The van der Waals surface area contributed by atoms with E-state index in [-0.39, 0.29) is 5.91 Å². The van der Waals surface area contributed by atoms with Crippen LogP contribution >= 0.6 is 0 Å². The molecule has 26 heavy (non-hydrogen) atoms. The Bertz CT molecular complexity index is 889. The first-order valence-electron chi connectivity index (χ1n) is 8.63. The quantitative estimate of drug-likeness (QED) is 0.739. The summed E-state index contributed by atoms with van der Waals surface area (Å²) < 4.78 is 0. The lowest BCUT2D eigenvalue weighted by molar-refractivity contribution is 0.102. The van der Waals surface area contributed by atoms with E-state index in [1.54, 1.807) is 12.3 Å². The molecule has 0 radical (unpaired) electrons. The molecule has 5 heteroatoms. The molecule has 0 aliphatic carbocycles. The van der Waals surface area contributed by atoms with E-state index in [9.17, 15) is 4.79 Å². The maximum atomic E-state index is 12.7. The minimum absolute atomic E-state index is 0.241. The second-order valence-corrected chi connectivity index (χ2v) is 6.04. The molecule has 1 heterocycles. The van der Waals surface area contributed by atoms with Crippen LogP contribution in [0.1, 0.15) is 28.5 Å². The smallest absolute Gasteiger partial charge is 0.274 e. The molecule has 5 nitrogen and oxygen atoms in total. The van der Waals surface area contributed by atoms with Crippen LogP contribution in [0.15, 0.2) is 60.8 Å². The molecule has 1 amide bonds. The van der Waals surface area contributed by atoms with Crippen LogP contribution in [-0.2, 0) is 0 Å². The Morgan fingerprint density at radius 3 is 2.35 bits per heavy atom. The molecule has 0 saturated carbocycles. The highest BCUT2D eigenvalue weighted by atomic mass is 16.1. The van der Waals surface area contributed by atoms with Gasteiger partial charge < -0.3 is 10.2 Å². The Hall–Kier alpha value is -3.21. The van der Waals surface area contributed by atoms with Gasteiger partial charge in [0.2, 0.25) is 5.95 Å². The van der Waals surface area contributed by atoms with Crippen LogP contribution in [0.5, 0.6) is 0 Å². The highest BCUT2D eigenvalue weighted by molar-refractivity contribution is 6.03. The molecule has 0 bridgehead atoms. The average molecular weight is 346 g/mol. The van der Waals surface area contributed by atoms with Crippen molar-refractivity contribution in [3.8, 4) is 0 Å². The summed E-state index contributed by atoms with van der Waals surface area (Å²) in [5.74, 6) is 0.267. The fourth-order valence-electron chi connectivity index (χ4n) is 2.84. The third-order valence-electron chi connectivity index (χ3n) is 4.22. The zero-order valence-corrected chi connectivity index (χ0v) is 15.2. The topological polar surface area (TPSA) is 58.1 Å². The Kier molecular flexibility index (Phi) is 5.27. The number of rotatable bonds is 5. The van der Waals surface area contributed by atoms with Gasteiger partial charge in [0, 0.05) is 24.1 Å². The molecule has 132 valence electrons. The molecule has 1 N–H and O–H groups in total. The van der Waals surface area contributed by atoms with Crippen LogP contribution in [0.3, 0.4) is 0 Å². The van der Waals surface area contributed by atoms with E-state index in [1.807, 2.05) is 74.2 Å². The van der Waals surface area contributed by atoms with Gasteiger partial charge in [-0.1, -0.05) is 36.4 Å². The summed E-state index contributed by atoms with van der Waals surface area (Å²) in [6, 6.07) is 17.4. The number of amides is 1. The monoisotopic (exact) mass is 346 g/mol. The van der Waals surface area contributed by atoms with Crippen LogP contribution < -0.4 is 10.2 Å². The Morgan fingerprint density at radius 1 is 1.00 bits per heavy atom. The molecule has 0 fully saturated rings. The molecule has 0 aliphatic rings. The SMILES string of the molecule is CCN(c1ccccc1)c1nccc(C(=O)Nc2c(C)cccc2C)n1. The average Bonchev–Trinajstić information content (AvgIpc) is 2.66. The molecule has 0 aliphatic heterocycles. The van der Waals surface area contributed by atoms with Crippen LogP contribution in [-0.4, -0.2) is 22.4 Å². The van der Waals surface area contributed by atoms with Crippen molar-refractivity contribution in [2.45, 2.75) is 20.8 Å². The first-order chi connectivity index (χ1) is 12.6. The highest BCUT2D eigenvalue weighted by Crippen LogP contribution is 2.22. The molecule has 0 atom stereocenters. The summed E-state index contributed by atoms with van der Waals surface area (Å²) in [5, 5.41) is 2.97. The van der Waals surface area contributed by atoms with Crippen LogP contribution in [0, 0.1) is 13.8 Å². The maximum absolute atomic E-state index is 12.7. The van der Waals surface area contributed by atoms with Gasteiger partial charge in [-0.2, -0.15) is 0 Å². The van der Waals surface area contributed by atoms with Crippen molar-refractivity contribution >= 4 is 23.2 Å². The molecule has 3 aromatic rings. The maximum Gasteiger partial charge on any atom is 0.274 e. The van der Waals surface area contributed by atoms with E-state index >= 15 is 0 Å². The van der Waals surface area contributed by atoms with Gasteiger partial charge in [0.25, 0.3) is 5.91 Å². The van der Waals surface area contributed by atoms with Crippen LogP contribution in [0.4, 0.5) is 17.3 Å². The predicted molar refractivity (Wildman–Crippen MR) is 105 cm³/mol. The number of carbonyl (C=O) groups excluding carboxylic acids is 1. The third kappa shape index (κ3) is 3.72. The molecule has 1 aromatic heterocycles. The summed E-state index contributed by atoms with van der Waals surface area (Å²) in [4.78, 5) is 23.5. The van der Waals surface area contributed by atoms with Crippen molar-refractivity contribution in [1.29, 1.82) is 0 Å². The van der Waals surface area contributed by atoms with Crippen LogP contribution in [0.25, 0.3) is 0 Å². The van der Waals surface area contributed by atoms with Gasteiger partial charge in [0.05, 0.1) is 0 Å². The zero-order chi connectivity index (χ0) is 18.5. The lowest BCUT2D eigenvalue weighted by Crippen LogP contribution is -2.21. The van der Waals surface area contributed by atoms with Crippen molar-refractivity contribution in [2.75, 3.05) is 16.8 Å². The van der Waals surface area contributed by atoms with Gasteiger partial charge >= 0.3 is 0 Å². The van der Waals surface area contributed by atoms with Crippen LogP contribution in [0.2, 0.25) is 0 Å². The van der Waals surface area contributed by atoms with Gasteiger partial charge in [-0.25, -0.2) is 9.97 Å². The molecule has 0 spiro atoms. The van der Waals surface area contributed by atoms with E-state index in [2.05, 4.69) is 15.3 Å². The van der Waals surface area contributed by atoms with Gasteiger partial charge in [-0.3, -0.25) is 4.79 Å². The van der Waals surface area contributed by atoms with E-state index in [0.29, 0.717) is 18.2 Å². The first kappa shape index (κ1) is 17.6. The number of aromatic nitrogens is 2. The first-order valence-corrected chi connectivity index (χ1v) is 8.63. The number of hydrogen-bond donors (Lipinski definition) is 1. The van der Waals surface area contributed by atoms with Crippen molar-refractivity contribution in [2.24, 2.45) is 0 Å². The van der Waals surface area contributed by atoms with Crippen molar-refractivity contribution < 1.29 is 4.79 Å². The number of nitrogens with one attached hydrogen (secondary N) is 1. The minimum Gasteiger partial charge on any atom is -0.320 e. The Balaban J connectivity index is 1.88. The number of para-hydroxylation sites is 2. The van der Waals surface area contributed by atoms with E-state index in [1.165, 1.54) is 0 Å². The second-order valence-electron chi connectivity index (χ2n) is 6.04.